The average Bonchev–Trinajstić information content (AvgIpc) is 3.23. The van der Waals surface area contributed by atoms with Crippen molar-refractivity contribution in [3.8, 4) is 5.69 Å². The molecule has 0 spiro atoms. The van der Waals surface area contributed by atoms with E-state index in [9.17, 15) is 4.79 Å². The van der Waals surface area contributed by atoms with Gasteiger partial charge in [-0.2, -0.15) is 0 Å². The van der Waals surface area contributed by atoms with Crippen LogP contribution in [0.25, 0.3) is 5.69 Å². The van der Waals surface area contributed by atoms with Crippen LogP contribution in [0, 0.1) is 0 Å². The van der Waals surface area contributed by atoms with Gasteiger partial charge in [-0.05, 0) is 24.3 Å². The monoisotopic (exact) mass is 307 g/mol. The van der Waals surface area contributed by atoms with E-state index in [0.29, 0.717) is 17.8 Å². The molecule has 0 amide bonds. The number of furan rings is 1. The lowest BCUT2D eigenvalue weighted by atomic mass is 9.85. The summed E-state index contributed by atoms with van der Waals surface area (Å²) in [4.78, 5) is 12.7. The molecule has 116 valence electrons. The number of carbonyl (C=O) groups excluding carboxylic acids is 1. The first-order chi connectivity index (χ1) is 11.3. The fourth-order valence-corrected chi connectivity index (χ4v) is 3.25. The Bertz CT molecular complexity index is 835. The van der Waals surface area contributed by atoms with E-state index in [1.807, 2.05) is 47.1 Å². The first-order valence-electron chi connectivity index (χ1n) is 7.69. The number of ketones is 1. The zero-order valence-corrected chi connectivity index (χ0v) is 12.8. The van der Waals surface area contributed by atoms with Crippen LogP contribution in [0.15, 0.2) is 53.1 Å². The van der Waals surface area contributed by atoms with Crippen LogP contribution >= 0.6 is 0 Å². The maximum atomic E-state index is 12.7. The number of Topliss-reactive ketones (excluding diaryl/α,β-unsaturated/α-hetero) is 1. The van der Waals surface area contributed by atoms with Crippen LogP contribution in [0.2, 0.25) is 0 Å². The van der Waals surface area contributed by atoms with E-state index in [1.54, 1.807) is 13.3 Å². The van der Waals surface area contributed by atoms with Crippen molar-refractivity contribution < 1.29 is 9.21 Å². The minimum atomic E-state index is 0.0638. The SMILES string of the molecule is CNc1nn(-c2ccccc2)c2c1C(=O)C[C@H](c1ccco1)C2. The Morgan fingerprint density at radius 3 is 2.70 bits per heavy atom. The smallest absolute Gasteiger partial charge is 0.169 e. The van der Waals surface area contributed by atoms with Crippen LogP contribution in [0.4, 0.5) is 5.82 Å². The van der Waals surface area contributed by atoms with Crippen LogP contribution in [-0.2, 0) is 6.42 Å². The number of hydrogen-bond donors (Lipinski definition) is 1. The first-order valence-corrected chi connectivity index (χ1v) is 7.69. The summed E-state index contributed by atoms with van der Waals surface area (Å²) in [5, 5.41) is 7.65. The van der Waals surface area contributed by atoms with E-state index in [4.69, 9.17) is 4.42 Å². The van der Waals surface area contributed by atoms with Gasteiger partial charge >= 0.3 is 0 Å². The number of rotatable bonds is 3. The van der Waals surface area contributed by atoms with Gasteiger partial charge in [0.2, 0.25) is 0 Å². The topological polar surface area (TPSA) is 60.1 Å². The third-order valence-corrected chi connectivity index (χ3v) is 4.31. The third kappa shape index (κ3) is 2.25. The first kappa shape index (κ1) is 13.8. The normalized spacial score (nSPS) is 17.1. The van der Waals surface area contributed by atoms with Gasteiger partial charge in [0.25, 0.3) is 0 Å². The maximum absolute atomic E-state index is 12.7. The van der Waals surface area contributed by atoms with Crippen LogP contribution in [0.1, 0.15) is 34.2 Å². The second kappa shape index (κ2) is 5.43. The molecule has 2 aromatic heterocycles. The summed E-state index contributed by atoms with van der Waals surface area (Å²) >= 11 is 0. The quantitative estimate of drug-likeness (QED) is 0.805. The molecule has 0 aliphatic heterocycles. The highest BCUT2D eigenvalue weighted by Gasteiger charge is 2.34. The van der Waals surface area contributed by atoms with E-state index >= 15 is 0 Å². The zero-order valence-electron chi connectivity index (χ0n) is 12.8. The van der Waals surface area contributed by atoms with Crippen molar-refractivity contribution in [2.24, 2.45) is 0 Å². The minimum absolute atomic E-state index is 0.0638. The Hall–Kier alpha value is -2.82. The van der Waals surface area contributed by atoms with Crippen LogP contribution in [-0.4, -0.2) is 22.6 Å². The number of carbonyl (C=O) groups is 1. The lowest BCUT2D eigenvalue weighted by Crippen LogP contribution is -2.20. The highest BCUT2D eigenvalue weighted by Crippen LogP contribution is 2.37. The summed E-state index contributed by atoms with van der Waals surface area (Å²) in [6.45, 7) is 0. The van der Waals surface area contributed by atoms with Crippen molar-refractivity contribution in [3.05, 3.63) is 65.7 Å². The average molecular weight is 307 g/mol. The molecule has 0 unspecified atom stereocenters. The molecular formula is C18H17N3O2. The number of aromatic nitrogens is 2. The number of anilines is 1. The number of para-hydroxylation sites is 1. The molecule has 3 aromatic rings. The molecule has 2 heterocycles. The van der Waals surface area contributed by atoms with Crippen molar-refractivity contribution in [3.63, 3.8) is 0 Å². The summed E-state index contributed by atoms with van der Waals surface area (Å²) in [6.07, 6.45) is 2.84. The zero-order chi connectivity index (χ0) is 15.8. The van der Waals surface area contributed by atoms with E-state index < -0.39 is 0 Å². The number of nitrogens with zero attached hydrogens (tertiary/aromatic N) is 2. The van der Waals surface area contributed by atoms with E-state index in [-0.39, 0.29) is 11.7 Å². The standard InChI is InChI=1S/C18H17N3O2/c1-19-18-17-14(21(20-18)13-6-3-2-4-7-13)10-12(11-15(17)22)16-8-5-9-23-16/h2-9,12H,10-11H2,1H3,(H,19,20)/t12-/m1/s1. The molecule has 5 nitrogen and oxygen atoms in total. The maximum Gasteiger partial charge on any atom is 0.169 e. The fourth-order valence-electron chi connectivity index (χ4n) is 3.25. The minimum Gasteiger partial charge on any atom is -0.469 e. The van der Waals surface area contributed by atoms with Crippen molar-refractivity contribution in [1.82, 2.24) is 9.78 Å². The highest BCUT2D eigenvalue weighted by atomic mass is 16.3. The second-order valence-electron chi connectivity index (χ2n) is 5.71. The Morgan fingerprint density at radius 1 is 1.17 bits per heavy atom. The van der Waals surface area contributed by atoms with Gasteiger partial charge in [0.15, 0.2) is 11.6 Å². The van der Waals surface area contributed by atoms with Gasteiger partial charge in [-0.1, -0.05) is 18.2 Å². The number of nitrogens with one attached hydrogen (secondary N) is 1. The summed E-state index contributed by atoms with van der Waals surface area (Å²) < 4.78 is 7.39. The molecule has 4 rings (SSSR count). The molecule has 5 heteroatoms. The molecule has 1 atom stereocenters. The molecule has 23 heavy (non-hydrogen) atoms. The molecule has 1 N–H and O–H groups in total. The Kier molecular flexibility index (Phi) is 3.26. The molecule has 1 aromatic carbocycles. The largest absolute Gasteiger partial charge is 0.469 e. The summed E-state index contributed by atoms with van der Waals surface area (Å²) in [6, 6.07) is 13.7. The van der Waals surface area contributed by atoms with E-state index in [0.717, 1.165) is 23.6 Å². The molecule has 0 fully saturated rings. The van der Waals surface area contributed by atoms with Gasteiger partial charge in [0.1, 0.15) is 5.76 Å². The highest BCUT2D eigenvalue weighted by molar-refractivity contribution is 6.03. The van der Waals surface area contributed by atoms with Crippen LogP contribution in [0.5, 0.6) is 0 Å². The van der Waals surface area contributed by atoms with Crippen molar-refractivity contribution in [2.75, 3.05) is 12.4 Å². The third-order valence-electron chi connectivity index (χ3n) is 4.31. The van der Waals surface area contributed by atoms with Gasteiger partial charge < -0.3 is 9.73 Å². The number of benzene rings is 1. The van der Waals surface area contributed by atoms with Crippen molar-refractivity contribution >= 4 is 11.6 Å². The summed E-state index contributed by atoms with van der Waals surface area (Å²) in [7, 11) is 1.80. The molecule has 1 aliphatic carbocycles. The van der Waals surface area contributed by atoms with Crippen molar-refractivity contribution in [1.29, 1.82) is 0 Å². The lowest BCUT2D eigenvalue weighted by Gasteiger charge is -2.21. The Labute approximate surface area is 133 Å². The molecule has 0 saturated heterocycles. The lowest BCUT2D eigenvalue weighted by molar-refractivity contribution is 0.0960. The summed E-state index contributed by atoms with van der Waals surface area (Å²) in [5.74, 6) is 1.68. The molecular weight excluding hydrogens is 290 g/mol. The number of fused-ring (bicyclic) bond motifs is 1. The molecule has 1 aliphatic rings. The molecule has 0 bridgehead atoms. The van der Waals surface area contributed by atoms with Gasteiger partial charge in [0, 0.05) is 25.8 Å². The van der Waals surface area contributed by atoms with Gasteiger partial charge in [0.05, 0.1) is 23.2 Å². The fraction of sp³-hybridized carbons (Fsp3) is 0.222. The molecule has 0 saturated carbocycles. The van der Waals surface area contributed by atoms with E-state index in [2.05, 4.69) is 10.4 Å². The second-order valence-corrected chi connectivity index (χ2v) is 5.71. The predicted octanol–water partition coefficient (Wildman–Crippen LogP) is 3.42. The van der Waals surface area contributed by atoms with Gasteiger partial charge in [-0.15, -0.1) is 5.10 Å². The predicted molar refractivity (Wildman–Crippen MR) is 87.2 cm³/mol. The van der Waals surface area contributed by atoms with Crippen LogP contribution < -0.4 is 5.32 Å². The van der Waals surface area contributed by atoms with Gasteiger partial charge in [-0.25, -0.2) is 4.68 Å². The molecule has 0 radical (unpaired) electrons. The Balaban J connectivity index is 1.84. The van der Waals surface area contributed by atoms with Crippen LogP contribution in [0.3, 0.4) is 0 Å². The summed E-state index contributed by atoms with van der Waals surface area (Å²) in [5.41, 5.74) is 2.61. The van der Waals surface area contributed by atoms with Gasteiger partial charge in [-0.3, -0.25) is 4.79 Å². The van der Waals surface area contributed by atoms with E-state index in [1.165, 1.54) is 0 Å². The van der Waals surface area contributed by atoms with Crippen molar-refractivity contribution in [2.45, 2.75) is 18.8 Å². The Morgan fingerprint density at radius 2 is 2.00 bits per heavy atom. The number of hydrogen-bond acceptors (Lipinski definition) is 4.